The summed E-state index contributed by atoms with van der Waals surface area (Å²) in [5, 5.41) is 3.76. The lowest BCUT2D eigenvalue weighted by molar-refractivity contribution is 0.813. The second-order valence-corrected chi connectivity index (χ2v) is 5.44. The Morgan fingerprint density at radius 3 is 2.60 bits per heavy atom. The maximum absolute atomic E-state index is 6.36. The highest BCUT2D eigenvalue weighted by Crippen LogP contribution is 2.31. The van der Waals surface area contributed by atoms with Gasteiger partial charge in [0.05, 0.1) is 5.02 Å². The summed E-state index contributed by atoms with van der Waals surface area (Å²) in [4.78, 5) is 6.52. The van der Waals surface area contributed by atoms with Gasteiger partial charge in [-0.3, -0.25) is 0 Å². The molecule has 1 aromatic heterocycles. The number of hydrogen-bond acceptors (Lipinski definition) is 3. The summed E-state index contributed by atoms with van der Waals surface area (Å²) >= 11 is 6.36. The third kappa shape index (κ3) is 3.11. The van der Waals surface area contributed by atoms with E-state index in [1.165, 1.54) is 11.1 Å². The number of pyridine rings is 1. The number of aromatic nitrogens is 1. The molecule has 4 heteroatoms. The van der Waals surface area contributed by atoms with E-state index >= 15 is 0 Å². The first kappa shape index (κ1) is 14.8. The molecule has 0 aliphatic rings. The fourth-order valence-electron chi connectivity index (χ4n) is 2.31. The third-order valence-electron chi connectivity index (χ3n) is 3.29. The minimum atomic E-state index is 0.667. The van der Waals surface area contributed by atoms with Crippen molar-refractivity contribution < 1.29 is 0 Å². The van der Waals surface area contributed by atoms with Gasteiger partial charge >= 0.3 is 0 Å². The van der Waals surface area contributed by atoms with Gasteiger partial charge in [-0.15, -0.1) is 0 Å². The summed E-state index contributed by atoms with van der Waals surface area (Å²) in [6.45, 7) is 4.96. The smallest absolute Gasteiger partial charge is 0.151 e. The summed E-state index contributed by atoms with van der Waals surface area (Å²) in [6.07, 6.45) is 1.86. The quantitative estimate of drug-likeness (QED) is 0.927. The van der Waals surface area contributed by atoms with Gasteiger partial charge in [-0.1, -0.05) is 29.3 Å². The molecule has 0 aliphatic carbocycles. The van der Waals surface area contributed by atoms with Crippen molar-refractivity contribution in [2.75, 3.05) is 19.0 Å². The predicted molar refractivity (Wildman–Crippen MR) is 86.0 cm³/mol. The summed E-state index contributed by atoms with van der Waals surface area (Å²) in [6, 6.07) is 8.32. The summed E-state index contributed by atoms with van der Waals surface area (Å²) in [7, 11) is 3.90. The first-order valence-electron chi connectivity index (χ1n) is 6.63. The lowest BCUT2D eigenvalue weighted by Crippen LogP contribution is -2.14. The van der Waals surface area contributed by atoms with Gasteiger partial charge in [0.15, 0.2) is 5.82 Å². The van der Waals surface area contributed by atoms with Gasteiger partial charge in [-0.05, 0) is 44.2 Å². The van der Waals surface area contributed by atoms with Gasteiger partial charge in [0.2, 0.25) is 0 Å². The van der Waals surface area contributed by atoms with Crippen LogP contribution in [0, 0.1) is 13.8 Å². The van der Waals surface area contributed by atoms with E-state index in [9.17, 15) is 0 Å². The maximum atomic E-state index is 6.36. The van der Waals surface area contributed by atoms with Crippen LogP contribution in [0.2, 0.25) is 5.02 Å². The van der Waals surface area contributed by atoms with Crippen LogP contribution in [0.3, 0.4) is 0 Å². The first-order chi connectivity index (χ1) is 9.52. The lowest BCUT2D eigenvalue weighted by atomic mass is 10.1. The molecule has 0 bridgehead atoms. The molecule has 0 spiro atoms. The van der Waals surface area contributed by atoms with Crippen molar-refractivity contribution in [2.45, 2.75) is 20.4 Å². The fourth-order valence-corrected chi connectivity index (χ4v) is 2.63. The molecule has 0 atom stereocenters. The second-order valence-electron chi connectivity index (χ2n) is 5.03. The summed E-state index contributed by atoms with van der Waals surface area (Å²) in [5.41, 5.74) is 4.66. The minimum absolute atomic E-state index is 0.667. The Balaban J connectivity index is 2.35. The average Bonchev–Trinajstić information content (AvgIpc) is 2.38. The van der Waals surface area contributed by atoms with E-state index in [2.05, 4.69) is 42.3 Å². The zero-order valence-corrected chi connectivity index (χ0v) is 13.1. The minimum Gasteiger partial charge on any atom is -0.328 e. The normalized spacial score (nSPS) is 10.7. The Labute approximate surface area is 125 Å². The van der Waals surface area contributed by atoms with E-state index in [1.807, 2.05) is 31.3 Å². The molecule has 1 heterocycles. The maximum Gasteiger partial charge on any atom is 0.151 e. The lowest BCUT2D eigenvalue weighted by Gasteiger charge is -2.22. The molecule has 0 radical (unpaired) electrons. The van der Waals surface area contributed by atoms with Crippen LogP contribution >= 0.6 is 11.6 Å². The van der Waals surface area contributed by atoms with Crippen molar-refractivity contribution >= 4 is 23.1 Å². The predicted octanol–water partition coefficient (Wildman–Crippen LogP) is 3.84. The van der Waals surface area contributed by atoms with Crippen LogP contribution in [0.5, 0.6) is 0 Å². The van der Waals surface area contributed by atoms with Gasteiger partial charge in [0.1, 0.15) is 0 Å². The molecule has 1 N–H and O–H groups in total. The number of nitrogens with zero attached hydrogens (tertiary/aromatic N) is 2. The second kappa shape index (κ2) is 6.25. The molecular weight excluding hydrogens is 270 g/mol. The van der Waals surface area contributed by atoms with Crippen molar-refractivity contribution in [1.29, 1.82) is 0 Å². The van der Waals surface area contributed by atoms with Crippen molar-refractivity contribution in [1.82, 2.24) is 10.3 Å². The zero-order chi connectivity index (χ0) is 14.7. The van der Waals surface area contributed by atoms with Gasteiger partial charge in [0, 0.05) is 25.5 Å². The molecule has 0 aliphatic heterocycles. The molecule has 0 fully saturated rings. The van der Waals surface area contributed by atoms with E-state index in [0.29, 0.717) is 5.02 Å². The highest BCUT2D eigenvalue weighted by Gasteiger charge is 2.12. The van der Waals surface area contributed by atoms with Crippen LogP contribution in [0.25, 0.3) is 0 Å². The van der Waals surface area contributed by atoms with Crippen LogP contribution in [-0.2, 0) is 6.54 Å². The Morgan fingerprint density at radius 2 is 2.00 bits per heavy atom. The van der Waals surface area contributed by atoms with E-state index in [0.717, 1.165) is 23.6 Å². The SMILES string of the molecule is CNCc1cnc(N(C)c2ccc(C)cc2C)c(Cl)c1. The molecule has 2 aromatic rings. The average molecular weight is 290 g/mol. The summed E-state index contributed by atoms with van der Waals surface area (Å²) in [5.74, 6) is 0.776. The largest absolute Gasteiger partial charge is 0.328 e. The van der Waals surface area contributed by atoms with Crippen molar-refractivity contribution in [3.63, 3.8) is 0 Å². The van der Waals surface area contributed by atoms with Crippen LogP contribution in [0.1, 0.15) is 16.7 Å². The molecule has 2 rings (SSSR count). The number of hydrogen-bond donors (Lipinski definition) is 1. The molecule has 3 nitrogen and oxygen atoms in total. The number of benzene rings is 1. The molecule has 20 heavy (non-hydrogen) atoms. The highest BCUT2D eigenvalue weighted by molar-refractivity contribution is 6.33. The standard InChI is InChI=1S/C16H20ClN3/c1-11-5-6-15(12(2)7-11)20(4)16-14(17)8-13(9-18-3)10-19-16/h5-8,10,18H,9H2,1-4H3. The van der Waals surface area contributed by atoms with Crippen molar-refractivity contribution in [3.05, 3.63) is 52.2 Å². The summed E-state index contributed by atoms with van der Waals surface area (Å²) < 4.78 is 0. The number of halogens is 1. The Kier molecular flexibility index (Phi) is 4.63. The Bertz CT molecular complexity index is 611. The van der Waals surface area contributed by atoms with Gasteiger partial charge in [-0.2, -0.15) is 0 Å². The Morgan fingerprint density at radius 1 is 1.25 bits per heavy atom. The fraction of sp³-hybridized carbons (Fsp3) is 0.312. The number of aryl methyl sites for hydroxylation is 2. The van der Waals surface area contributed by atoms with Crippen LogP contribution in [0.4, 0.5) is 11.5 Å². The van der Waals surface area contributed by atoms with E-state index in [1.54, 1.807) is 0 Å². The monoisotopic (exact) mass is 289 g/mol. The topological polar surface area (TPSA) is 28.2 Å². The molecular formula is C16H20ClN3. The molecule has 0 saturated heterocycles. The molecule has 106 valence electrons. The number of anilines is 2. The van der Waals surface area contributed by atoms with Crippen molar-refractivity contribution in [2.24, 2.45) is 0 Å². The third-order valence-corrected chi connectivity index (χ3v) is 3.57. The van der Waals surface area contributed by atoms with E-state index in [4.69, 9.17) is 11.6 Å². The molecule has 1 aromatic carbocycles. The van der Waals surface area contributed by atoms with Gasteiger partial charge < -0.3 is 10.2 Å². The highest BCUT2D eigenvalue weighted by atomic mass is 35.5. The zero-order valence-electron chi connectivity index (χ0n) is 12.4. The van der Waals surface area contributed by atoms with Crippen LogP contribution in [0.15, 0.2) is 30.5 Å². The molecule has 0 unspecified atom stereocenters. The molecule has 0 saturated carbocycles. The van der Waals surface area contributed by atoms with E-state index in [-0.39, 0.29) is 0 Å². The van der Waals surface area contributed by atoms with Crippen molar-refractivity contribution in [3.8, 4) is 0 Å². The number of rotatable bonds is 4. The number of nitrogens with one attached hydrogen (secondary N) is 1. The van der Waals surface area contributed by atoms with Crippen LogP contribution < -0.4 is 10.2 Å². The van der Waals surface area contributed by atoms with Gasteiger partial charge in [-0.25, -0.2) is 4.98 Å². The Hall–Kier alpha value is -1.58. The molecule has 0 amide bonds. The first-order valence-corrected chi connectivity index (χ1v) is 7.00. The van der Waals surface area contributed by atoms with Gasteiger partial charge in [0.25, 0.3) is 0 Å². The van der Waals surface area contributed by atoms with Crippen LogP contribution in [-0.4, -0.2) is 19.1 Å². The van der Waals surface area contributed by atoms with E-state index < -0.39 is 0 Å².